The second-order valence-corrected chi connectivity index (χ2v) is 2.90. The number of benzene rings is 1. The van der Waals surface area contributed by atoms with Crippen LogP contribution < -0.4 is 0 Å². The Morgan fingerprint density at radius 2 is 1.93 bits per heavy atom. The van der Waals surface area contributed by atoms with Gasteiger partial charge in [-0.1, -0.05) is 12.1 Å². The van der Waals surface area contributed by atoms with Crippen LogP contribution >= 0.6 is 0 Å². The molecule has 0 spiro atoms. The third-order valence-corrected chi connectivity index (χ3v) is 1.76. The fraction of sp³-hybridized carbons (Fsp3) is 0.222. The maximum atomic E-state index is 12.9. The van der Waals surface area contributed by atoms with Crippen LogP contribution in [0.25, 0.3) is 0 Å². The monoisotopic (exact) mass is 222 g/mol. The van der Waals surface area contributed by atoms with Gasteiger partial charge in [0.1, 0.15) is 0 Å². The van der Waals surface area contributed by atoms with Crippen LogP contribution in [0.3, 0.4) is 0 Å². The number of alkyl halides is 2. The average Bonchev–Trinajstić information content (AvgIpc) is 2.12. The van der Waals surface area contributed by atoms with Gasteiger partial charge in [-0.05, 0) is 11.6 Å². The van der Waals surface area contributed by atoms with Crippen molar-refractivity contribution in [1.82, 2.24) is 0 Å². The van der Waals surface area contributed by atoms with E-state index in [1.54, 1.807) is 0 Å². The molecule has 0 fully saturated rings. The Morgan fingerprint density at radius 3 is 2.47 bits per heavy atom. The molecule has 0 aliphatic rings. The smallest absolute Gasteiger partial charge is 0.374 e. The minimum atomic E-state index is -4.10. The van der Waals surface area contributed by atoms with Crippen molar-refractivity contribution in [2.24, 2.45) is 0 Å². The number of aliphatic carboxylic acids is 1. The molecule has 0 saturated heterocycles. The first kappa shape index (κ1) is 11.5. The summed E-state index contributed by atoms with van der Waals surface area (Å²) < 4.78 is 50.8. The standard InChI is InChI=1S/C9H6F4O2/c10-6-3-1-2-5(7(6)11)4-9(12,13)8(14)15/h1-3H,4H2,(H,14,15). The van der Waals surface area contributed by atoms with E-state index in [-0.39, 0.29) is 0 Å². The molecule has 0 unspecified atom stereocenters. The summed E-state index contributed by atoms with van der Waals surface area (Å²) in [6, 6.07) is 2.71. The summed E-state index contributed by atoms with van der Waals surface area (Å²) in [5.41, 5.74) is -0.664. The number of rotatable bonds is 3. The van der Waals surface area contributed by atoms with Crippen molar-refractivity contribution in [2.45, 2.75) is 12.3 Å². The molecule has 0 saturated carbocycles. The van der Waals surface area contributed by atoms with E-state index in [1.807, 2.05) is 0 Å². The van der Waals surface area contributed by atoms with Crippen LogP contribution in [0, 0.1) is 11.6 Å². The third kappa shape index (κ3) is 2.45. The van der Waals surface area contributed by atoms with Gasteiger partial charge in [-0.3, -0.25) is 0 Å². The van der Waals surface area contributed by atoms with Gasteiger partial charge >= 0.3 is 11.9 Å². The summed E-state index contributed by atoms with van der Waals surface area (Å²) in [6.07, 6.45) is -1.37. The highest BCUT2D eigenvalue weighted by Gasteiger charge is 2.39. The third-order valence-electron chi connectivity index (χ3n) is 1.76. The van der Waals surface area contributed by atoms with Gasteiger partial charge in [-0.25, -0.2) is 13.6 Å². The van der Waals surface area contributed by atoms with Crippen molar-refractivity contribution in [2.75, 3.05) is 0 Å². The lowest BCUT2D eigenvalue weighted by Crippen LogP contribution is -2.31. The van der Waals surface area contributed by atoms with Crippen molar-refractivity contribution < 1.29 is 27.5 Å². The zero-order chi connectivity index (χ0) is 11.6. The summed E-state index contributed by atoms with van der Waals surface area (Å²) in [6.45, 7) is 0. The Hall–Kier alpha value is -1.59. The largest absolute Gasteiger partial charge is 0.477 e. The van der Waals surface area contributed by atoms with E-state index in [9.17, 15) is 22.4 Å². The molecule has 0 amide bonds. The summed E-state index contributed by atoms with van der Waals surface area (Å²) in [5.74, 6) is -9.20. The molecule has 0 aliphatic heterocycles. The molecule has 1 aromatic carbocycles. The summed E-state index contributed by atoms with van der Waals surface area (Å²) in [7, 11) is 0. The van der Waals surface area contributed by atoms with Gasteiger partial charge in [0, 0.05) is 0 Å². The van der Waals surface area contributed by atoms with Crippen molar-refractivity contribution in [3.8, 4) is 0 Å². The Labute approximate surface area is 82.1 Å². The number of carbonyl (C=O) groups is 1. The summed E-state index contributed by atoms with van der Waals surface area (Å²) in [5, 5.41) is 8.10. The number of carboxylic acid groups (broad SMARTS) is 1. The number of hydrogen-bond acceptors (Lipinski definition) is 1. The zero-order valence-corrected chi connectivity index (χ0v) is 7.31. The molecule has 0 aliphatic carbocycles. The normalized spacial score (nSPS) is 11.5. The highest BCUT2D eigenvalue weighted by molar-refractivity contribution is 5.75. The molecule has 1 aromatic rings. The van der Waals surface area contributed by atoms with Crippen LogP contribution in [0.15, 0.2) is 18.2 Å². The number of carboxylic acids is 1. The Bertz CT molecular complexity index is 390. The van der Waals surface area contributed by atoms with E-state index < -0.39 is 35.5 Å². The molecule has 0 atom stereocenters. The van der Waals surface area contributed by atoms with E-state index in [1.165, 1.54) is 0 Å². The first-order valence-electron chi connectivity index (χ1n) is 3.88. The highest BCUT2D eigenvalue weighted by Crippen LogP contribution is 2.23. The first-order chi connectivity index (χ1) is 6.84. The fourth-order valence-electron chi connectivity index (χ4n) is 1.000. The maximum Gasteiger partial charge on any atom is 0.374 e. The lowest BCUT2D eigenvalue weighted by atomic mass is 10.1. The van der Waals surface area contributed by atoms with E-state index in [0.717, 1.165) is 18.2 Å². The lowest BCUT2D eigenvalue weighted by molar-refractivity contribution is -0.164. The fourth-order valence-corrected chi connectivity index (χ4v) is 1.000. The van der Waals surface area contributed by atoms with E-state index in [0.29, 0.717) is 0 Å². The van der Waals surface area contributed by atoms with E-state index >= 15 is 0 Å². The van der Waals surface area contributed by atoms with Crippen LogP contribution in [0.1, 0.15) is 5.56 Å². The van der Waals surface area contributed by atoms with Gasteiger partial charge in [0.2, 0.25) is 0 Å². The second-order valence-electron chi connectivity index (χ2n) is 2.90. The van der Waals surface area contributed by atoms with Crippen molar-refractivity contribution in [3.63, 3.8) is 0 Å². The summed E-state index contributed by atoms with van der Waals surface area (Å²) >= 11 is 0. The molecule has 6 heteroatoms. The molecule has 2 nitrogen and oxygen atoms in total. The van der Waals surface area contributed by atoms with Crippen molar-refractivity contribution in [3.05, 3.63) is 35.4 Å². The van der Waals surface area contributed by atoms with Crippen LogP contribution in [-0.4, -0.2) is 17.0 Å². The second kappa shape index (κ2) is 3.88. The molecular weight excluding hydrogens is 216 g/mol. The van der Waals surface area contributed by atoms with Gasteiger partial charge in [0.05, 0.1) is 6.42 Å². The van der Waals surface area contributed by atoms with Gasteiger partial charge in [-0.2, -0.15) is 8.78 Å². The molecule has 0 heterocycles. The van der Waals surface area contributed by atoms with E-state index in [4.69, 9.17) is 5.11 Å². The molecule has 1 rings (SSSR count). The molecule has 15 heavy (non-hydrogen) atoms. The number of hydrogen-bond donors (Lipinski definition) is 1. The van der Waals surface area contributed by atoms with Crippen LogP contribution in [0.2, 0.25) is 0 Å². The Kier molecular flexibility index (Phi) is 2.97. The maximum absolute atomic E-state index is 12.9. The predicted octanol–water partition coefficient (Wildman–Crippen LogP) is 2.23. The molecule has 0 aromatic heterocycles. The Morgan fingerprint density at radius 1 is 1.33 bits per heavy atom. The quantitative estimate of drug-likeness (QED) is 0.796. The van der Waals surface area contributed by atoms with Crippen LogP contribution in [0.4, 0.5) is 17.6 Å². The lowest BCUT2D eigenvalue weighted by Gasteiger charge is -2.11. The van der Waals surface area contributed by atoms with Gasteiger partial charge in [0.25, 0.3) is 0 Å². The molecule has 0 radical (unpaired) electrons. The minimum absolute atomic E-state index is 0.664. The highest BCUT2D eigenvalue weighted by atomic mass is 19.3. The van der Waals surface area contributed by atoms with Crippen LogP contribution in [0.5, 0.6) is 0 Å². The molecule has 0 bridgehead atoms. The number of halogens is 4. The molecule has 82 valence electrons. The van der Waals surface area contributed by atoms with Crippen molar-refractivity contribution >= 4 is 5.97 Å². The Balaban J connectivity index is 3.00. The molecular formula is C9H6F4O2. The minimum Gasteiger partial charge on any atom is -0.477 e. The predicted molar refractivity (Wildman–Crippen MR) is 42.6 cm³/mol. The van der Waals surface area contributed by atoms with Gasteiger partial charge in [-0.15, -0.1) is 0 Å². The topological polar surface area (TPSA) is 37.3 Å². The van der Waals surface area contributed by atoms with E-state index in [2.05, 4.69) is 0 Å². The van der Waals surface area contributed by atoms with Gasteiger partial charge < -0.3 is 5.11 Å². The van der Waals surface area contributed by atoms with Crippen LogP contribution in [-0.2, 0) is 11.2 Å². The first-order valence-corrected chi connectivity index (χ1v) is 3.88. The zero-order valence-electron chi connectivity index (χ0n) is 7.31. The molecule has 1 N–H and O–H groups in total. The summed E-state index contributed by atoms with van der Waals surface area (Å²) in [4.78, 5) is 10.1. The SMILES string of the molecule is O=C(O)C(F)(F)Cc1cccc(F)c1F. The van der Waals surface area contributed by atoms with Gasteiger partial charge in [0.15, 0.2) is 11.6 Å². The van der Waals surface area contributed by atoms with Crippen molar-refractivity contribution in [1.29, 1.82) is 0 Å². The average molecular weight is 222 g/mol.